The summed E-state index contributed by atoms with van der Waals surface area (Å²) in [6.45, 7) is 0.755. The molecule has 0 aliphatic rings. The first-order valence-electron chi connectivity index (χ1n) is 7.20. The fourth-order valence-electron chi connectivity index (χ4n) is 2.46. The van der Waals surface area contributed by atoms with Crippen molar-refractivity contribution in [2.24, 2.45) is 0 Å². The van der Waals surface area contributed by atoms with Gasteiger partial charge in [0.15, 0.2) is 5.65 Å². The van der Waals surface area contributed by atoms with E-state index in [0.29, 0.717) is 0 Å². The highest BCUT2D eigenvalue weighted by Gasteiger charge is 2.10. The quantitative estimate of drug-likeness (QED) is 0.600. The van der Waals surface area contributed by atoms with Crippen LogP contribution in [0.2, 0.25) is 0 Å². The molecule has 6 heteroatoms. The molecular formula is C17H14N4OS. The summed E-state index contributed by atoms with van der Waals surface area (Å²) in [5.74, 6) is 1.14. The van der Waals surface area contributed by atoms with Crippen molar-refractivity contribution in [2.75, 3.05) is 5.32 Å². The van der Waals surface area contributed by atoms with E-state index >= 15 is 0 Å². The molecule has 2 N–H and O–H groups in total. The maximum Gasteiger partial charge on any atom is 0.165 e. The summed E-state index contributed by atoms with van der Waals surface area (Å²) < 4.78 is 1.80. The average Bonchev–Trinajstić information content (AvgIpc) is 3.23. The van der Waals surface area contributed by atoms with Crippen molar-refractivity contribution in [3.05, 3.63) is 65.1 Å². The van der Waals surface area contributed by atoms with Gasteiger partial charge in [-0.1, -0.05) is 18.2 Å². The van der Waals surface area contributed by atoms with Crippen LogP contribution in [0.5, 0.6) is 5.75 Å². The van der Waals surface area contributed by atoms with Crippen LogP contribution in [-0.2, 0) is 6.54 Å². The third kappa shape index (κ3) is 2.64. The van der Waals surface area contributed by atoms with Crippen molar-refractivity contribution in [1.29, 1.82) is 0 Å². The molecule has 5 nitrogen and oxygen atoms in total. The summed E-state index contributed by atoms with van der Waals surface area (Å²) in [6.07, 6.45) is 3.57. The van der Waals surface area contributed by atoms with Gasteiger partial charge in [-0.25, -0.2) is 4.98 Å². The zero-order valence-corrected chi connectivity index (χ0v) is 13.0. The number of benzene rings is 1. The molecule has 0 unspecified atom stereocenters. The highest BCUT2D eigenvalue weighted by Crippen LogP contribution is 2.26. The number of hydrogen-bond acceptors (Lipinski definition) is 5. The summed E-state index contributed by atoms with van der Waals surface area (Å²) in [5.41, 5.74) is 2.69. The van der Waals surface area contributed by atoms with Gasteiger partial charge in [-0.2, -0.15) is 9.61 Å². The highest BCUT2D eigenvalue weighted by atomic mass is 32.1. The molecule has 0 spiro atoms. The van der Waals surface area contributed by atoms with Crippen LogP contribution in [0.25, 0.3) is 16.8 Å². The van der Waals surface area contributed by atoms with Crippen molar-refractivity contribution in [2.45, 2.75) is 6.54 Å². The minimum atomic E-state index is 0.247. The Morgan fingerprint density at radius 2 is 2.00 bits per heavy atom. The molecule has 0 fully saturated rings. The molecule has 0 bridgehead atoms. The second kappa shape index (κ2) is 5.73. The average molecular weight is 322 g/mol. The first kappa shape index (κ1) is 13.8. The number of fused-ring (bicyclic) bond motifs is 1. The topological polar surface area (TPSA) is 62.5 Å². The first-order chi connectivity index (χ1) is 11.3. The standard InChI is InChI=1S/C17H14N4OS/c22-13-5-3-12(4-6-13)15-11-20-21-16(7-8-18-17(15)21)19-10-14-2-1-9-23-14/h1-9,11,19,22H,10H2. The summed E-state index contributed by atoms with van der Waals surface area (Å²) in [4.78, 5) is 5.71. The summed E-state index contributed by atoms with van der Waals surface area (Å²) >= 11 is 1.72. The van der Waals surface area contributed by atoms with E-state index < -0.39 is 0 Å². The molecule has 0 saturated carbocycles. The lowest BCUT2D eigenvalue weighted by Crippen LogP contribution is -2.04. The maximum atomic E-state index is 9.43. The van der Waals surface area contributed by atoms with Gasteiger partial charge in [0.1, 0.15) is 11.6 Å². The number of aromatic nitrogens is 3. The van der Waals surface area contributed by atoms with Gasteiger partial charge >= 0.3 is 0 Å². The van der Waals surface area contributed by atoms with Gasteiger partial charge in [-0.3, -0.25) is 0 Å². The Morgan fingerprint density at radius 3 is 2.78 bits per heavy atom. The van der Waals surface area contributed by atoms with Crippen LogP contribution in [0, 0.1) is 0 Å². The van der Waals surface area contributed by atoms with E-state index in [2.05, 4.69) is 26.8 Å². The third-order valence-electron chi connectivity index (χ3n) is 3.60. The maximum absolute atomic E-state index is 9.43. The molecule has 23 heavy (non-hydrogen) atoms. The Kier molecular flexibility index (Phi) is 3.44. The fourth-order valence-corrected chi connectivity index (χ4v) is 3.11. The second-order valence-corrected chi connectivity index (χ2v) is 6.14. The lowest BCUT2D eigenvalue weighted by Gasteiger charge is -2.07. The molecule has 0 saturated heterocycles. The normalized spacial score (nSPS) is 11.0. The predicted octanol–water partition coefficient (Wildman–Crippen LogP) is 3.78. The highest BCUT2D eigenvalue weighted by molar-refractivity contribution is 7.09. The Hall–Kier alpha value is -2.86. The van der Waals surface area contributed by atoms with E-state index in [9.17, 15) is 5.11 Å². The Bertz CT molecular complexity index is 929. The molecule has 0 radical (unpaired) electrons. The van der Waals surface area contributed by atoms with Crippen molar-refractivity contribution in [1.82, 2.24) is 14.6 Å². The monoisotopic (exact) mass is 322 g/mol. The summed E-state index contributed by atoms with van der Waals surface area (Å²) in [6, 6.07) is 13.1. The number of rotatable bonds is 4. The molecule has 0 atom stereocenters. The second-order valence-electron chi connectivity index (χ2n) is 5.10. The molecule has 4 rings (SSSR count). The minimum Gasteiger partial charge on any atom is -0.508 e. The number of hydrogen-bond donors (Lipinski definition) is 2. The number of nitrogens with one attached hydrogen (secondary N) is 1. The van der Waals surface area contributed by atoms with Crippen LogP contribution in [0.3, 0.4) is 0 Å². The molecule has 3 aromatic heterocycles. The van der Waals surface area contributed by atoms with Crippen molar-refractivity contribution < 1.29 is 5.11 Å². The molecule has 114 valence electrons. The third-order valence-corrected chi connectivity index (χ3v) is 4.48. The summed E-state index contributed by atoms with van der Waals surface area (Å²) in [5, 5.41) is 19.3. The SMILES string of the molecule is Oc1ccc(-c2cnn3c(NCc4cccs4)ccnc23)cc1. The number of phenolic OH excluding ortho intramolecular Hbond substituents is 1. The number of anilines is 1. The van der Waals surface area contributed by atoms with Crippen LogP contribution >= 0.6 is 11.3 Å². The van der Waals surface area contributed by atoms with Crippen molar-refractivity contribution in [3.63, 3.8) is 0 Å². The van der Waals surface area contributed by atoms with E-state index in [1.165, 1.54) is 4.88 Å². The number of aromatic hydroxyl groups is 1. The Balaban J connectivity index is 1.70. The van der Waals surface area contributed by atoms with Crippen LogP contribution in [0.15, 0.2) is 60.2 Å². The van der Waals surface area contributed by atoms with E-state index in [1.54, 1.807) is 40.4 Å². The number of nitrogens with zero attached hydrogens (tertiary/aromatic N) is 3. The lowest BCUT2D eigenvalue weighted by molar-refractivity contribution is 0.475. The van der Waals surface area contributed by atoms with E-state index in [0.717, 1.165) is 29.1 Å². The van der Waals surface area contributed by atoms with E-state index in [-0.39, 0.29) is 5.75 Å². The number of phenols is 1. The van der Waals surface area contributed by atoms with Gasteiger partial charge in [0.25, 0.3) is 0 Å². The van der Waals surface area contributed by atoms with Crippen LogP contribution in [0.1, 0.15) is 4.88 Å². The zero-order valence-electron chi connectivity index (χ0n) is 12.2. The van der Waals surface area contributed by atoms with Crippen LogP contribution in [-0.4, -0.2) is 19.7 Å². The van der Waals surface area contributed by atoms with E-state index in [4.69, 9.17) is 0 Å². The predicted molar refractivity (Wildman–Crippen MR) is 91.7 cm³/mol. The van der Waals surface area contributed by atoms with Crippen molar-refractivity contribution >= 4 is 22.8 Å². The zero-order chi connectivity index (χ0) is 15.6. The molecule has 3 heterocycles. The van der Waals surface area contributed by atoms with Gasteiger partial charge in [0.2, 0.25) is 0 Å². The smallest absolute Gasteiger partial charge is 0.165 e. The van der Waals surface area contributed by atoms with E-state index in [1.807, 2.05) is 24.3 Å². The van der Waals surface area contributed by atoms with Gasteiger partial charge in [-0.15, -0.1) is 11.3 Å². The van der Waals surface area contributed by atoms with Gasteiger partial charge in [0, 0.05) is 16.6 Å². The lowest BCUT2D eigenvalue weighted by atomic mass is 10.1. The first-order valence-corrected chi connectivity index (χ1v) is 8.07. The van der Waals surface area contributed by atoms with Crippen LogP contribution in [0.4, 0.5) is 5.82 Å². The fraction of sp³-hybridized carbons (Fsp3) is 0.0588. The Labute approximate surface area is 136 Å². The number of thiophene rings is 1. The molecule has 0 aliphatic heterocycles. The molecule has 0 amide bonds. The Morgan fingerprint density at radius 1 is 1.13 bits per heavy atom. The molecule has 1 aromatic carbocycles. The van der Waals surface area contributed by atoms with Gasteiger partial charge in [-0.05, 0) is 35.2 Å². The summed E-state index contributed by atoms with van der Waals surface area (Å²) in [7, 11) is 0. The van der Waals surface area contributed by atoms with Gasteiger partial charge < -0.3 is 10.4 Å². The minimum absolute atomic E-state index is 0.247. The molecule has 4 aromatic rings. The molecule has 0 aliphatic carbocycles. The van der Waals surface area contributed by atoms with Gasteiger partial charge in [0.05, 0.1) is 12.7 Å². The van der Waals surface area contributed by atoms with Crippen molar-refractivity contribution in [3.8, 4) is 16.9 Å². The molecular weight excluding hydrogens is 308 g/mol. The largest absolute Gasteiger partial charge is 0.508 e. The van der Waals surface area contributed by atoms with Crippen LogP contribution < -0.4 is 5.32 Å².